The van der Waals surface area contributed by atoms with E-state index < -0.39 is 18.9 Å². The molecule has 0 atom stereocenters. The Balaban J connectivity index is 2.19. The van der Waals surface area contributed by atoms with Gasteiger partial charge in [0.1, 0.15) is 6.61 Å². The van der Waals surface area contributed by atoms with Crippen molar-refractivity contribution < 1.29 is 22.7 Å². The van der Waals surface area contributed by atoms with Crippen molar-refractivity contribution in [3.8, 4) is 0 Å². The van der Waals surface area contributed by atoms with Crippen LogP contribution in [-0.4, -0.2) is 49.3 Å². The molecule has 0 aromatic heterocycles. The normalized spacial score (nSPS) is 17.8. The lowest BCUT2D eigenvalue weighted by molar-refractivity contribution is -0.189. The van der Waals surface area contributed by atoms with Gasteiger partial charge in [0, 0.05) is 26.1 Å². The van der Waals surface area contributed by atoms with Gasteiger partial charge in [-0.15, -0.1) is 0 Å². The van der Waals surface area contributed by atoms with E-state index in [4.69, 9.17) is 16.5 Å². The van der Waals surface area contributed by atoms with Gasteiger partial charge in [0.15, 0.2) is 0 Å². The second kappa shape index (κ2) is 7.91. The van der Waals surface area contributed by atoms with Crippen LogP contribution in [0.5, 0.6) is 0 Å². The van der Waals surface area contributed by atoms with E-state index in [9.17, 15) is 18.0 Å². The van der Waals surface area contributed by atoms with Gasteiger partial charge in [-0.05, 0) is 31.0 Å². The first-order valence-electron chi connectivity index (χ1n) is 6.22. The highest BCUT2D eigenvalue weighted by Gasteiger charge is 2.31. The fourth-order valence-corrected chi connectivity index (χ4v) is 2.08. The molecule has 1 aliphatic rings. The zero-order chi connectivity index (χ0) is 14.3. The van der Waals surface area contributed by atoms with Gasteiger partial charge < -0.3 is 9.64 Å². The number of hydrogen-bond donors (Lipinski definition) is 1. The Kier molecular flexibility index (Phi) is 6.88. The molecule has 0 radical (unpaired) electrons. The van der Waals surface area contributed by atoms with E-state index in [1.807, 2.05) is 0 Å². The zero-order valence-electron chi connectivity index (χ0n) is 10.5. The summed E-state index contributed by atoms with van der Waals surface area (Å²) in [6.45, 7) is 0.247. The van der Waals surface area contributed by atoms with Crippen LogP contribution in [0.25, 0.3) is 0 Å². The Morgan fingerprint density at radius 1 is 1.37 bits per heavy atom. The van der Waals surface area contributed by atoms with Crippen molar-refractivity contribution >= 4 is 17.7 Å². The van der Waals surface area contributed by atoms with E-state index in [0.29, 0.717) is 45.3 Å². The Labute approximate surface area is 115 Å². The highest BCUT2D eigenvalue weighted by atomic mass is 35.5. The van der Waals surface area contributed by atoms with E-state index in [2.05, 4.69) is 4.84 Å². The van der Waals surface area contributed by atoms with Crippen molar-refractivity contribution in [1.29, 1.82) is 0 Å². The minimum atomic E-state index is -4.29. The third-order valence-electron chi connectivity index (χ3n) is 2.94. The maximum absolute atomic E-state index is 12.0. The molecule has 0 aliphatic carbocycles. The minimum Gasteiger partial charge on any atom is -0.369 e. The molecule has 0 spiro atoms. The molecule has 1 aliphatic heterocycles. The number of nitrogens with one attached hydrogen (secondary N) is 1. The van der Waals surface area contributed by atoms with Crippen molar-refractivity contribution in [2.75, 3.05) is 26.2 Å². The van der Waals surface area contributed by atoms with Crippen molar-refractivity contribution in [2.45, 2.75) is 38.0 Å². The van der Waals surface area contributed by atoms with Crippen LogP contribution in [0.1, 0.15) is 25.7 Å². The molecular formula is C11H18ClF3N2O2. The molecule has 4 nitrogen and oxygen atoms in total. The van der Waals surface area contributed by atoms with Gasteiger partial charge in [-0.2, -0.15) is 13.2 Å². The molecule has 0 aromatic rings. The number of rotatable bonds is 6. The summed E-state index contributed by atoms with van der Waals surface area (Å²) in [4.78, 5) is 15.8. The summed E-state index contributed by atoms with van der Waals surface area (Å²) in [5.41, 5.74) is 0. The number of ether oxygens (including phenoxy) is 1. The first-order chi connectivity index (χ1) is 8.92. The molecule has 1 saturated heterocycles. The number of likely N-dealkylation sites (tertiary alicyclic amines) is 1. The molecule has 0 aromatic carbocycles. The van der Waals surface area contributed by atoms with Gasteiger partial charge in [-0.3, -0.25) is 4.79 Å². The Bertz CT molecular complexity index is 282. The van der Waals surface area contributed by atoms with Crippen molar-refractivity contribution in [2.24, 2.45) is 0 Å². The van der Waals surface area contributed by atoms with E-state index in [1.54, 1.807) is 4.90 Å². The fourth-order valence-electron chi connectivity index (χ4n) is 1.95. The van der Waals surface area contributed by atoms with Crippen LogP contribution < -0.4 is 4.84 Å². The van der Waals surface area contributed by atoms with Crippen LogP contribution in [0, 0.1) is 0 Å². The average molecular weight is 303 g/mol. The summed E-state index contributed by atoms with van der Waals surface area (Å²) in [6, 6.07) is 0. The molecule has 112 valence electrons. The Hall–Kier alpha value is -0.530. The maximum atomic E-state index is 12.0. The number of halogens is 4. The predicted octanol–water partition coefficient (Wildman–Crippen LogP) is 2.08. The average Bonchev–Trinajstić information content (AvgIpc) is 2.36. The van der Waals surface area contributed by atoms with E-state index >= 15 is 0 Å². The Morgan fingerprint density at radius 2 is 2.00 bits per heavy atom. The van der Waals surface area contributed by atoms with E-state index in [0.717, 1.165) is 0 Å². The second-order valence-corrected chi connectivity index (χ2v) is 4.76. The molecule has 19 heavy (non-hydrogen) atoms. The summed E-state index contributed by atoms with van der Waals surface area (Å²) >= 11 is 5.28. The number of carbonyl (C=O) groups excluding carboxylic acids is 1. The molecular weight excluding hydrogens is 285 g/mol. The number of alkyl halides is 3. The first kappa shape index (κ1) is 16.5. The van der Waals surface area contributed by atoms with Crippen molar-refractivity contribution in [3.05, 3.63) is 0 Å². The van der Waals surface area contributed by atoms with Crippen LogP contribution >= 0.6 is 11.8 Å². The molecule has 1 fully saturated rings. The number of piperidine rings is 1. The second-order valence-electron chi connectivity index (χ2n) is 4.49. The predicted molar refractivity (Wildman–Crippen MR) is 64.7 cm³/mol. The van der Waals surface area contributed by atoms with Crippen LogP contribution in [-0.2, 0) is 9.53 Å². The molecule has 8 heteroatoms. The lowest BCUT2D eigenvalue weighted by Crippen LogP contribution is -2.41. The lowest BCUT2D eigenvalue weighted by Gasteiger charge is -2.32. The topological polar surface area (TPSA) is 41.6 Å². The lowest BCUT2D eigenvalue weighted by atomic mass is 10.1. The van der Waals surface area contributed by atoms with Gasteiger partial charge in [0.25, 0.3) is 0 Å². The number of carbonyl (C=O) groups is 1. The standard InChI is InChI=1S/C11H18ClF3N2O2/c12-16-5-1-2-10(18)17-6-3-9(4-7-17)19-8-11(13,14)15/h9,16H,1-8H2. The third-order valence-corrected chi connectivity index (χ3v) is 3.13. The smallest absolute Gasteiger partial charge is 0.369 e. The summed E-state index contributed by atoms with van der Waals surface area (Å²) in [5.74, 6) is 0.0150. The van der Waals surface area contributed by atoms with E-state index in [-0.39, 0.29) is 5.91 Å². The molecule has 0 unspecified atom stereocenters. The third kappa shape index (κ3) is 6.98. The molecule has 1 rings (SSSR count). The largest absolute Gasteiger partial charge is 0.411 e. The van der Waals surface area contributed by atoms with Gasteiger partial charge in [-0.1, -0.05) is 0 Å². The summed E-state index contributed by atoms with van der Waals surface area (Å²) < 4.78 is 40.7. The molecule has 0 bridgehead atoms. The van der Waals surface area contributed by atoms with Gasteiger partial charge in [0.2, 0.25) is 5.91 Å². The fraction of sp³-hybridized carbons (Fsp3) is 0.909. The summed E-state index contributed by atoms with van der Waals surface area (Å²) in [6.07, 6.45) is -2.75. The van der Waals surface area contributed by atoms with Gasteiger partial charge in [-0.25, -0.2) is 4.84 Å². The van der Waals surface area contributed by atoms with Crippen LogP contribution in [0.4, 0.5) is 13.2 Å². The molecule has 0 saturated carbocycles. The van der Waals surface area contributed by atoms with Crippen molar-refractivity contribution in [3.63, 3.8) is 0 Å². The number of hydrogen-bond acceptors (Lipinski definition) is 3. The monoisotopic (exact) mass is 302 g/mol. The van der Waals surface area contributed by atoms with Crippen LogP contribution in [0.15, 0.2) is 0 Å². The Morgan fingerprint density at radius 3 is 2.53 bits per heavy atom. The first-order valence-corrected chi connectivity index (χ1v) is 6.60. The van der Waals surface area contributed by atoms with E-state index in [1.165, 1.54) is 0 Å². The SMILES string of the molecule is O=C(CCCNCl)N1CCC(OCC(F)(F)F)CC1. The highest BCUT2D eigenvalue weighted by Crippen LogP contribution is 2.20. The zero-order valence-corrected chi connectivity index (χ0v) is 11.3. The van der Waals surface area contributed by atoms with Crippen LogP contribution in [0.2, 0.25) is 0 Å². The minimum absolute atomic E-state index is 0.0150. The summed E-state index contributed by atoms with van der Waals surface area (Å²) in [5, 5.41) is 0. The van der Waals surface area contributed by atoms with Gasteiger partial charge >= 0.3 is 6.18 Å². The molecule has 1 N–H and O–H groups in total. The molecule has 1 heterocycles. The quantitative estimate of drug-likeness (QED) is 0.603. The number of nitrogens with zero attached hydrogens (tertiary/aromatic N) is 1. The number of amides is 1. The van der Waals surface area contributed by atoms with Crippen molar-refractivity contribution in [1.82, 2.24) is 9.74 Å². The van der Waals surface area contributed by atoms with Crippen LogP contribution in [0.3, 0.4) is 0 Å². The summed E-state index contributed by atoms with van der Waals surface area (Å²) in [7, 11) is 0. The molecule has 1 amide bonds. The highest BCUT2D eigenvalue weighted by molar-refractivity contribution is 6.13. The maximum Gasteiger partial charge on any atom is 0.411 e. The van der Waals surface area contributed by atoms with Gasteiger partial charge in [0.05, 0.1) is 6.10 Å².